The normalized spacial score (nSPS) is 16.6. The smallest absolute Gasteiger partial charge is 0.407 e. The predicted octanol–water partition coefficient (Wildman–Crippen LogP) is 7.09. The van der Waals surface area contributed by atoms with E-state index in [1.807, 2.05) is 102 Å². The molecule has 4 N–H and O–H groups in total. The molecule has 2 heterocycles. The van der Waals surface area contributed by atoms with Crippen molar-refractivity contribution in [2.75, 3.05) is 84.8 Å². The van der Waals surface area contributed by atoms with Crippen molar-refractivity contribution >= 4 is 55.5 Å². The summed E-state index contributed by atoms with van der Waals surface area (Å²) in [5.74, 6) is -1.58. The number of esters is 2. The number of nitrogens with zero attached hydrogens (tertiary/aromatic N) is 3. The summed E-state index contributed by atoms with van der Waals surface area (Å²) in [6, 6.07) is 27.3. The zero-order valence-corrected chi connectivity index (χ0v) is 51.5. The summed E-state index contributed by atoms with van der Waals surface area (Å²) in [5.41, 5.74) is 7.63. The molecule has 0 saturated carbocycles. The number of non-ortho nitro benzene ring substituents is 1. The number of carbonyl (C=O) groups is 4. The maximum absolute atomic E-state index is 13.9. The molecule has 2 amide bonds. The van der Waals surface area contributed by atoms with Gasteiger partial charge in [0.2, 0.25) is 20.0 Å². The highest BCUT2D eigenvalue weighted by Gasteiger charge is 2.38. The molecule has 0 radical (unpaired) electrons. The number of hydrogen-bond donors (Lipinski definition) is 3. The van der Waals surface area contributed by atoms with Crippen molar-refractivity contribution in [2.24, 2.45) is 11.8 Å². The molecule has 0 aliphatic carbocycles. The number of sulfonamides is 2. The SMILES string of the molecule is CCCOCC(=O)O[C@H](CN(CC(C)C)S(=O)(=O)c1ccc(N)cc1)[C@H](Cc1ccccc1)NC(=O)O[C@H]1CCOC1.CCCOCC(=O)O[C@H](CN(CC(C)C)S(=O)(=O)c1ccc([N+](=O)[O-])cc1)[C@H](Cc1ccccc1)NC(=O)O[C@H]1CCOC1. The number of carbonyl (C=O) groups excluding carboxylic acids is 4. The third-order valence-electron chi connectivity index (χ3n) is 13.2. The fraction of sp³-hybridized carbons (Fsp3) is 0.533. The van der Waals surface area contributed by atoms with Crippen LogP contribution in [-0.4, -0.2) is 170 Å². The molecule has 4 aromatic carbocycles. The summed E-state index contributed by atoms with van der Waals surface area (Å²) in [7, 11) is -8.24. The number of nitro benzene ring substituents is 1. The lowest BCUT2D eigenvalue weighted by Gasteiger charge is -2.33. The highest BCUT2D eigenvalue weighted by molar-refractivity contribution is 7.89. The number of ether oxygens (including phenoxy) is 8. The average molecular weight is 1240 g/mol. The molecular weight excluding hydrogens is 1160 g/mol. The topological polar surface area (TPSA) is 310 Å². The molecule has 2 saturated heterocycles. The number of hydrogen-bond acceptors (Lipinski definition) is 19. The van der Waals surface area contributed by atoms with Crippen LogP contribution >= 0.6 is 0 Å². The molecule has 6 atom stereocenters. The Morgan fingerprint density at radius 3 is 1.33 bits per heavy atom. The number of nitrogens with one attached hydrogen (secondary N) is 2. The molecule has 0 bridgehead atoms. The van der Waals surface area contributed by atoms with E-state index < -0.39 is 85.6 Å². The second-order valence-electron chi connectivity index (χ2n) is 21.6. The van der Waals surface area contributed by atoms with Crippen LogP contribution in [0.4, 0.5) is 21.0 Å². The van der Waals surface area contributed by atoms with Crippen molar-refractivity contribution in [1.29, 1.82) is 0 Å². The van der Waals surface area contributed by atoms with Crippen molar-refractivity contribution in [3.63, 3.8) is 0 Å². The Morgan fingerprint density at radius 1 is 0.605 bits per heavy atom. The Hall–Kier alpha value is -6.78. The van der Waals surface area contributed by atoms with Gasteiger partial charge in [0.05, 0.1) is 66.3 Å². The fourth-order valence-corrected chi connectivity index (χ4v) is 12.3. The van der Waals surface area contributed by atoms with E-state index in [0.29, 0.717) is 64.4 Å². The first-order chi connectivity index (χ1) is 41.1. The molecule has 26 heteroatoms. The zero-order chi connectivity index (χ0) is 62.7. The number of anilines is 1. The minimum absolute atomic E-state index is 0.0433. The Bertz CT molecular complexity index is 2930. The van der Waals surface area contributed by atoms with Gasteiger partial charge in [0.15, 0.2) is 0 Å². The van der Waals surface area contributed by atoms with Gasteiger partial charge in [0.25, 0.3) is 5.69 Å². The van der Waals surface area contributed by atoms with E-state index >= 15 is 0 Å². The van der Waals surface area contributed by atoms with Gasteiger partial charge in [-0.3, -0.25) is 10.1 Å². The number of nitro groups is 1. The van der Waals surface area contributed by atoms with Crippen LogP contribution in [0.5, 0.6) is 0 Å². The summed E-state index contributed by atoms with van der Waals surface area (Å²) in [5, 5.41) is 16.8. The van der Waals surface area contributed by atoms with Crippen LogP contribution < -0.4 is 16.4 Å². The number of amides is 2. The second kappa shape index (κ2) is 35.8. The van der Waals surface area contributed by atoms with Crippen LogP contribution in [0.3, 0.4) is 0 Å². The summed E-state index contributed by atoms with van der Waals surface area (Å²) in [4.78, 5) is 62.3. The number of benzene rings is 4. The van der Waals surface area contributed by atoms with Gasteiger partial charge in [0, 0.05) is 57.0 Å². The molecule has 24 nitrogen and oxygen atoms in total. The van der Waals surface area contributed by atoms with E-state index in [4.69, 9.17) is 43.6 Å². The first-order valence-corrected chi connectivity index (χ1v) is 31.8. The number of nitrogens with two attached hydrogens (primary N) is 1. The monoisotopic (exact) mass is 1240 g/mol. The standard InChI is InChI=1S/C30H41N3O10S.C30H43N3O8S/c1-4-15-40-21-29(34)43-28(19-32(18-22(2)3)44(38,39)26-12-10-24(11-13-26)33(36)37)27(17-23-8-6-5-7-9-23)31-30(35)42-25-14-16-41-20-25;1-4-15-38-21-29(34)41-28(19-33(18-22(2)3)42(36,37)26-12-10-24(31)11-13-26)27(17-23-8-6-5-7-9-23)32-30(35)40-25-14-16-39-20-25/h5-13,22,25,27-28H,4,14-21H2,1-3H3,(H,31,35);5-13,22,25,27-28H,4,14-21,31H2,1-3H3,(H,32,35)/t2*25-,27-,28+/m00/s1. The van der Waals surface area contributed by atoms with Crippen molar-refractivity contribution in [1.82, 2.24) is 19.2 Å². The highest BCUT2D eigenvalue weighted by atomic mass is 32.2. The summed E-state index contributed by atoms with van der Waals surface area (Å²) in [6.07, 6.45) is -1.56. The van der Waals surface area contributed by atoms with E-state index in [-0.39, 0.29) is 86.2 Å². The fourth-order valence-electron chi connectivity index (χ4n) is 9.11. The van der Waals surface area contributed by atoms with Crippen molar-refractivity contribution < 1.29 is 78.8 Å². The third kappa shape index (κ3) is 23.8. The minimum atomic E-state index is -4.22. The lowest BCUT2D eigenvalue weighted by atomic mass is 10.0. The molecule has 2 aliphatic rings. The Kier molecular flexibility index (Phi) is 29.1. The zero-order valence-electron chi connectivity index (χ0n) is 49.8. The third-order valence-corrected chi connectivity index (χ3v) is 16.9. The van der Waals surface area contributed by atoms with E-state index in [9.17, 15) is 46.1 Å². The molecular formula is C60H84N6O18S2. The van der Waals surface area contributed by atoms with E-state index in [2.05, 4.69) is 10.6 Å². The molecule has 0 aromatic heterocycles. The average Bonchev–Trinajstić information content (AvgIpc) is 2.68. The highest BCUT2D eigenvalue weighted by Crippen LogP contribution is 2.25. The number of rotatable bonds is 33. The predicted molar refractivity (Wildman–Crippen MR) is 319 cm³/mol. The Morgan fingerprint density at radius 2 is 0.988 bits per heavy atom. The molecule has 2 aliphatic heterocycles. The van der Waals surface area contributed by atoms with Crippen molar-refractivity contribution in [2.45, 2.75) is 126 Å². The molecule has 6 rings (SSSR count). The maximum atomic E-state index is 13.9. The lowest BCUT2D eigenvalue weighted by Crippen LogP contribution is -2.53. The van der Waals surface area contributed by atoms with Gasteiger partial charge in [-0.1, -0.05) is 102 Å². The summed E-state index contributed by atoms with van der Waals surface area (Å²) in [6.45, 7) is 12.5. The van der Waals surface area contributed by atoms with Crippen LogP contribution in [0.1, 0.15) is 78.4 Å². The molecule has 2 fully saturated rings. The van der Waals surface area contributed by atoms with E-state index in [1.54, 1.807) is 0 Å². The van der Waals surface area contributed by atoms with Crippen LogP contribution in [0, 0.1) is 22.0 Å². The molecule has 0 spiro atoms. The van der Waals surface area contributed by atoms with E-state index in [1.165, 1.54) is 45.0 Å². The minimum Gasteiger partial charge on any atom is -0.457 e. The Labute approximate surface area is 504 Å². The molecule has 4 aromatic rings. The molecule has 0 unspecified atom stereocenters. The van der Waals surface area contributed by atoms with Crippen molar-refractivity contribution in [3.8, 4) is 0 Å². The van der Waals surface area contributed by atoms with Gasteiger partial charge in [-0.2, -0.15) is 8.61 Å². The van der Waals surface area contributed by atoms with Crippen LogP contribution in [0.15, 0.2) is 119 Å². The van der Waals surface area contributed by atoms with Crippen molar-refractivity contribution in [3.05, 3.63) is 130 Å². The van der Waals surface area contributed by atoms with Crippen LogP contribution in [0.2, 0.25) is 0 Å². The molecule has 474 valence electrons. The van der Waals surface area contributed by atoms with Gasteiger partial charge in [0.1, 0.15) is 37.6 Å². The van der Waals surface area contributed by atoms with E-state index in [0.717, 1.165) is 23.3 Å². The van der Waals surface area contributed by atoms with Gasteiger partial charge in [-0.05, 0) is 85.0 Å². The molecule has 86 heavy (non-hydrogen) atoms. The van der Waals surface area contributed by atoms with Crippen LogP contribution in [0.25, 0.3) is 0 Å². The van der Waals surface area contributed by atoms with Gasteiger partial charge < -0.3 is 54.3 Å². The lowest BCUT2D eigenvalue weighted by molar-refractivity contribution is -0.384. The summed E-state index contributed by atoms with van der Waals surface area (Å²) >= 11 is 0. The van der Waals surface area contributed by atoms with Gasteiger partial charge in [-0.25, -0.2) is 36.0 Å². The first kappa shape index (κ1) is 70.0. The maximum Gasteiger partial charge on any atom is 0.407 e. The largest absolute Gasteiger partial charge is 0.457 e. The quantitative estimate of drug-likeness (QED) is 0.0107. The first-order valence-electron chi connectivity index (χ1n) is 28.9. The van der Waals surface area contributed by atoms with Gasteiger partial charge in [-0.15, -0.1) is 0 Å². The summed E-state index contributed by atoms with van der Waals surface area (Å²) < 4.78 is 102. The number of alkyl carbamates (subject to hydrolysis) is 2. The van der Waals surface area contributed by atoms with Gasteiger partial charge >= 0.3 is 24.1 Å². The Balaban J connectivity index is 0.000000314. The van der Waals surface area contributed by atoms with Crippen LogP contribution in [-0.2, 0) is 80.4 Å². The second-order valence-corrected chi connectivity index (χ2v) is 25.5. The number of nitrogen functional groups attached to an aromatic ring is 1.